The highest BCUT2D eigenvalue weighted by Crippen LogP contribution is 2.62. The van der Waals surface area contributed by atoms with Gasteiger partial charge < -0.3 is 9.26 Å². The number of carbonyl (C=O) groups excluding carboxylic acids is 2. The molecule has 1 amide bonds. The lowest BCUT2D eigenvalue weighted by molar-refractivity contribution is -0.387. The van der Waals surface area contributed by atoms with Crippen molar-refractivity contribution in [3.63, 3.8) is 0 Å². The molecule has 3 aromatic carbocycles. The summed E-state index contributed by atoms with van der Waals surface area (Å²) in [6.45, 7) is 3.26. The Balaban J connectivity index is 1.52. The van der Waals surface area contributed by atoms with Crippen LogP contribution in [0, 0.1) is 28.4 Å². The molecule has 0 N–H and O–H groups in total. The molecule has 3 aliphatic rings. The number of rotatable bonds is 4. The number of amides is 1. The summed E-state index contributed by atoms with van der Waals surface area (Å²) in [6.07, 6.45) is -0.821. The second kappa shape index (κ2) is 9.88. The number of benzene rings is 3. The molecule has 7 rings (SSSR count). The van der Waals surface area contributed by atoms with Crippen LogP contribution in [0.3, 0.4) is 0 Å². The third kappa shape index (κ3) is 3.93. The normalized spacial score (nSPS) is 26.1. The third-order valence-electron chi connectivity index (χ3n) is 8.98. The summed E-state index contributed by atoms with van der Waals surface area (Å²) in [6, 6.07) is 22.9. The lowest BCUT2D eigenvalue weighted by atomic mass is 9.52. The molecule has 11 heteroatoms. The number of hydrogen-bond acceptors (Lipinski definition) is 8. The lowest BCUT2D eigenvalue weighted by Gasteiger charge is -2.51. The molecule has 1 aliphatic carbocycles. The van der Waals surface area contributed by atoms with Crippen molar-refractivity contribution in [2.45, 2.75) is 38.2 Å². The van der Waals surface area contributed by atoms with Crippen LogP contribution >= 0.6 is 11.6 Å². The van der Waals surface area contributed by atoms with Crippen molar-refractivity contribution in [2.24, 2.45) is 16.4 Å². The number of hydrazone groups is 1. The van der Waals surface area contributed by atoms with Crippen molar-refractivity contribution in [3.05, 3.63) is 117 Å². The highest BCUT2D eigenvalue weighted by atomic mass is 35.5. The first kappa shape index (κ1) is 27.0. The van der Waals surface area contributed by atoms with Gasteiger partial charge in [-0.2, -0.15) is 10.1 Å². The number of aromatic nitrogens is 1. The maximum Gasteiger partial charge on any atom is 0.334 e. The van der Waals surface area contributed by atoms with Crippen LogP contribution in [0.4, 0.5) is 11.4 Å². The van der Waals surface area contributed by atoms with Gasteiger partial charge in [-0.15, -0.1) is 0 Å². The fraction of sp³-hybridized carbons (Fsp3) is 0.250. The maximum absolute atomic E-state index is 14.8. The van der Waals surface area contributed by atoms with Gasteiger partial charge in [0.25, 0.3) is 5.91 Å². The molecule has 3 heterocycles. The molecule has 1 aromatic heterocycles. The van der Waals surface area contributed by atoms with Crippen LogP contribution in [0.15, 0.2) is 88.5 Å². The first-order valence-corrected chi connectivity index (χ1v) is 14.2. The van der Waals surface area contributed by atoms with Gasteiger partial charge >= 0.3 is 5.69 Å². The van der Waals surface area contributed by atoms with E-state index in [4.69, 9.17) is 26.0 Å². The summed E-state index contributed by atoms with van der Waals surface area (Å²) in [5, 5.41) is 23.0. The number of ether oxygens (including phenoxy) is 1. The summed E-state index contributed by atoms with van der Waals surface area (Å²) in [4.78, 5) is 40.9. The molecule has 43 heavy (non-hydrogen) atoms. The number of Topliss-reactive ketones (excluding diaryl/α,β-unsaturated/α-hetero) is 1. The molecule has 1 fully saturated rings. The first-order chi connectivity index (χ1) is 20.7. The van der Waals surface area contributed by atoms with Crippen molar-refractivity contribution < 1.29 is 23.8 Å². The fourth-order valence-electron chi connectivity index (χ4n) is 7.10. The Kier molecular flexibility index (Phi) is 6.21. The molecule has 4 aromatic rings. The minimum Gasteiger partial charge on any atom is -0.488 e. The standard InChI is InChI=1S/C32H25ClN4O6/c1-17-27(37(40)41)30(43-35-17)25-26(19-12-14-20(33)15-13-19)32(18(2)34-36(31(32)39)21-8-4-3-5-9-21)16-23-28(38)22-10-6-7-11-24(22)42-29(23)25/h3-15,23,25-26,29H,16H2,1-2H3/t23-,25-,26-,29-,32-/m1/s1. The summed E-state index contributed by atoms with van der Waals surface area (Å²) in [5.74, 6) is -2.82. The molecule has 2 aliphatic heterocycles. The van der Waals surface area contributed by atoms with Gasteiger partial charge in [-0.05, 0) is 62.2 Å². The highest BCUT2D eigenvalue weighted by molar-refractivity contribution is 6.30. The van der Waals surface area contributed by atoms with E-state index in [2.05, 4.69) is 5.16 Å². The molecule has 0 bridgehead atoms. The predicted octanol–water partition coefficient (Wildman–Crippen LogP) is 6.48. The second-order valence-corrected chi connectivity index (χ2v) is 11.6. The third-order valence-corrected chi connectivity index (χ3v) is 9.23. The Labute approximate surface area is 251 Å². The van der Waals surface area contributed by atoms with E-state index in [0.717, 1.165) is 0 Å². The van der Waals surface area contributed by atoms with Crippen LogP contribution in [-0.4, -0.2) is 33.6 Å². The number of aryl methyl sites for hydroxylation is 1. The molecular formula is C32H25ClN4O6. The number of carbonyl (C=O) groups is 2. The Morgan fingerprint density at radius 3 is 2.42 bits per heavy atom. The van der Waals surface area contributed by atoms with Gasteiger partial charge in [0.05, 0.1) is 39.1 Å². The summed E-state index contributed by atoms with van der Waals surface area (Å²) < 4.78 is 12.3. The number of ketones is 1. The number of anilines is 1. The number of para-hydroxylation sites is 2. The van der Waals surface area contributed by atoms with Crippen molar-refractivity contribution in [3.8, 4) is 5.75 Å². The van der Waals surface area contributed by atoms with Crippen molar-refractivity contribution >= 4 is 40.4 Å². The first-order valence-electron chi connectivity index (χ1n) is 13.8. The minimum atomic E-state index is -1.38. The van der Waals surface area contributed by atoms with Crippen LogP contribution in [0.1, 0.15) is 52.6 Å². The zero-order chi connectivity index (χ0) is 30.0. The molecule has 1 saturated carbocycles. The molecule has 0 unspecified atom stereocenters. The van der Waals surface area contributed by atoms with Crippen LogP contribution in [0.2, 0.25) is 5.02 Å². The van der Waals surface area contributed by atoms with Crippen LogP contribution in [0.25, 0.3) is 0 Å². The number of fused-ring (bicyclic) bond motifs is 2. The number of hydrogen-bond donors (Lipinski definition) is 0. The van der Waals surface area contributed by atoms with Gasteiger partial charge in [-0.3, -0.25) is 19.7 Å². The largest absolute Gasteiger partial charge is 0.488 e. The van der Waals surface area contributed by atoms with Crippen LogP contribution in [-0.2, 0) is 4.79 Å². The maximum atomic E-state index is 14.8. The zero-order valence-corrected chi connectivity index (χ0v) is 23.9. The average molecular weight is 597 g/mol. The van der Waals surface area contributed by atoms with Gasteiger partial charge in [0, 0.05) is 10.9 Å². The van der Waals surface area contributed by atoms with Crippen molar-refractivity contribution in [2.75, 3.05) is 5.01 Å². The van der Waals surface area contributed by atoms with E-state index in [1.807, 2.05) is 18.2 Å². The highest BCUT2D eigenvalue weighted by Gasteiger charge is 2.67. The predicted molar refractivity (Wildman–Crippen MR) is 158 cm³/mol. The van der Waals surface area contributed by atoms with E-state index in [1.54, 1.807) is 67.6 Å². The Bertz CT molecular complexity index is 1820. The van der Waals surface area contributed by atoms with Gasteiger partial charge in [0.2, 0.25) is 5.76 Å². The van der Waals surface area contributed by atoms with Gasteiger partial charge in [-0.1, -0.05) is 59.2 Å². The average Bonchev–Trinajstić information content (AvgIpc) is 3.51. The Morgan fingerprint density at radius 1 is 1.00 bits per heavy atom. The molecule has 5 atom stereocenters. The van der Waals surface area contributed by atoms with Gasteiger partial charge in [-0.25, -0.2) is 0 Å². The molecule has 0 saturated heterocycles. The van der Waals surface area contributed by atoms with E-state index in [0.29, 0.717) is 33.3 Å². The van der Waals surface area contributed by atoms with E-state index < -0.39 is 34.2 Å². The SMILES string of the molecule is CC1=NN(c2ccccc2)C(=O)[C@]12C[C@@H]1C(=O)c3ccccc3O[C@H]1[C@H](c1onc(C)c1[N+](=O)[O-])[C@H]2c1ccc(Cl)cc1. The molecule has 216 valence electrons. The van der Waals surface area contributed by atoms with Gasteiger partial charge in [0.1, 0.15) is 11.9 Å². The summed E-state index contributed by atoms with van der Waals surface area (Å²) in [5.41, 5.74) is 0.507. The zero-order valence-electron chi connectivity index (χ0n) is 23.1. The number of nitro groups is 1. The molecule has 10 nitrogen and oxygen atoms in total. The fourth-order valence-corrected chi connectivity index (χ4v) is 7.23. The monoisotopic (exact) mass is 596 g/mol. The lowest BCUT2D eigenvalue weighted by Crippen LogP contribution is -2.58. The second-order valence-electron chi connectivity index (χ2n) is 11.2. The van der Waals surface area contributed by atoms with Crippen molar-refractivity contribution in [1.82, 2.24) is 5.16 Å². The number of halogens is 1. The van der Waals surface area contributed by atoms with E-state index in [9.17, 15) is 19.7 Å². The van der Waals surface area contributed by atoms with Crippen molar-refractivity contribution in [1.29, 1.82) is 0 Å². The van der Waals surface area contributed by atoms with Gasteiger partial charge in [0.15, 0.2) is 11.5 Å². The summed E-state index contributed by atoms with van der Waals surface area (Å²) >= 11 is 6.29. The van der Waals surface area contributed by atoms with E-state index in [-0.39, 0.29) is 35.3 Å². The minimum absolute atomic E-state index is 0.0533. The number of nitrogens with zero attached hydrogens (tertiary/aromatic N) is 4. The Hall–Kier alpha value is -4.83. The molecular weight excluding hydrogens is 572 g/mol. The Morgan fingerprint density at radius 2 is 1.70 bits per heavy atom. The molecule has 1 spiro atoms. The summed E-state index contributed by atoms with van der Waals surface area (Å²) in [7, 11) is 0. The van der Waals surface area contributed by atoms with E-state index in [1.165, 1.54) is 11.9 Å². The quantitative estimate of drug-likeness (QED) is 0.195. The topological polar surface area (TPSA) is 128 Å². The smallest absolute Gasteiger partial charge is 0.334 e. The molecule has 0 radical (unpaired) electrons. The van der Waals surface area contributed by atoms with Crippen LogP contribution < -0.4 is 9.75 Å². The van der Waals surface area contributed by atoms with Crippen LogP contribution in [0.5, 0.6) is 5.75 Å². The van der Waals surface area contributed by atoms with E-state index >= 15 is 0 Å².